The van der Waals surface area contributed by atoms with Gasteiger partial charge >= 0.3 is 0 Å². The van der Waals surface area contributed by atoms with Gasteiger partial charge in [-0.2, -0.15) is 8.42 Å². The van der Waals surface area contributed by atoms with E-state index in [1.807, 2.05) is 0 Å². The van der Waals surface area contributed by atoms with Crippen molar-refractivity contribution in [2.24, 2.45) is 0 Å². The molecule has 0 aromatic rings. The molecule has 0 radical (unpaired) electrons. The molecule has 1 heterocycles. The quantitative estimate of drug-likeness (QED) is 0.618. The summed E-state index contributed by atoms with van der Waals surface area (Å²) in [6, 6.07) is 0. The fourth-order valence-electron chi connectivity index (χ4n) is 2.04. The van der Waals surface area contributed by atoms with Crippen LogP contribution in [0.4, 0.5) is 0 Å². The van der Waals surface area contributed by atoms with Gasteiger partial charge in [0, 0.05) is 0 Å². The van der Waals surface area contributed by atoms with Gasteiger partial charge in [-0.3, -0.25) is 4.18 Å². The van der Waals surface area contributed by atoms with Crippen LogP contribution >= 0.6 is 0 Å². The van der Waals surface area contributed by atoms with E-state index in [0.717, 1.165) is 32.1 Å². The Labute approximate surface area is 99.7 Å². The van der Waals surface area contributed by atoms with Crippen molar-refractivity contribution < 1.29 is 12.6 Å². The molecule has 0 atom stereocenters. The summed E-state index contributed by atoms with van der Waals surface area (Å²) in [5, 5.41) is 0. The van der Waals surface area contributed by atoms with Crippen molar-refractivity contribution in [3.63, 3.8) is 0 Å². The van der Waals surface area contributed by atoms with E-state index in [1.165, 1.54) is 32.1 Å². The standard InChI is InChI=1S/C12H24O3S/c13-16(14)12-10-8-6-4-2-1-3-5-7-9-11-15-16/h1-12H2. The Kier molecular flexibility index (Phi) is 7.05. The van der Waals surface area contributed by atoms with Crippen LogP contribution in [0.1, 0.15) is 64.2 Å². The highest BCUT2D eigenvalue weighted by atomic mass is 32.2. The van der Waals surface area contributed by atoms with Gasteiger partial charge < -0.3 is 0 Å². The summed E-state index contributed by atoms with van der Waals surface area (Å²) in [5.41, 5.74) is 0. The minimum absolute atomic E-state index is 0.201. The fraction of sp³-hybridized carbons (Fsp3) is 1.00. The Balaban J connectivity index is 2.27. The molecule has 16 heavy (non-hydrogen) atoms. The average Bonchev–Trinajstić information content (AvgIpc) is 2.24. The lowest BCUT2D eigenvalue weighted by Crippen LogP contribution is -2.11. The van der Waals surface area contributed by atoms with Crippen LogP contribution in [0.15, 0.2) is 0 Å². The van der Waals surface area contributed by atoms with Gasteiger partial charge in [-0.05, 0) is 12.8 Å². The van der Waals surface area contributed by atoms with Gasteiger partial charge in [0.15, 0.2) is 0 Å². The third-order valence-corrected chi connectivity index (χ3v) is 4.37. The van der Waals surface area contributed by atoms with Crippen LogP contribution in [-0.4, -0.2) is 20.8 Å². The van der Waals surface area contributed by atoms with Crippen molar-refractivity contribution in [2.45, 2.75) is 64.2 Å². The molecule has 0 spiro atoms. The first-order chi connectivity index (χ1) is 7.71. The van der Waals surface area contributed by atoms with Gasteiger partial charge in [-0.1, -0.05) is 51.4 Å². The molecular weight excluding hydrogens is 224 g/mol. The SMILES string of the molecule is O=S1(=O)CCCCCCCCCCCCO1. The molecule has 0 amide bonds. The predicted octanol–water partition coefficient (Wildman–Crippen LogP) is 3.25. The molecule has 1 aliphatic rings. The van der Waals surface area contributed by atoms with E-state index < -0.39 is 10.1 Å². The van der Waals surface area contributed by atoms with Crippen LogP contribution in [0.3, 0.4) is 0 Å². The molecule has 0 aromatic heterocycles. The lowest BCUT2D eigenvalue weighted by Gasteiger charge is -2.07. The van der Waals surface area contributed by atoms with Crippen molar-refractivity contribution in [3.8, 4) is 0 Å². The molecule has 0 aromatic carbocycles. The second-order valence-electron chi connectivity index (χ2n) is 4.62. The summed E-state index contributed by atoms with van der Waals surface area (Å²) >= 11 is 0. The Morgan fingerprint density at radius 2 is 1.06 bits per heavy atom. The van der Waals surface area contributed by atoms with E-state index in [-0.39, 0.29) is 5.75 Å². The number of hydrogen-bond acceptors (Lipinski definition) is 3. The van der Waals surface area contributed by atoms with Crippen molar-refractivity contribution >= 4 is 10.1 Å². The summed E-state index contributed by atoms with van der Waals surface area (Å²) in [5.74, 6) is 0.201. The van der Waals surface area contributed by atoms with Crippen molar-refractivity contribution in [1.82, 2.24) is 0 Å². The molecule has 1 rings (SSSR count). The third-order valence-electron chi connectivity index (χ3n) is 3.05. The zero-order chi connectivity index (χ0) is 11.7. The van der Waals surface area contributed by atoms with Crippen molar-refractivity contribution in [3.05, 3.63) is 0 Å². The molecule has 0 saturated carbocycles. The Bertz CT molecular complexity index is 239. The Morgan fingerprint density at radius 1 is 0.625 bits per heavy atom. The summed E-state index contributed by atoms with van der Waals surface area (Å²) < 4.78 is 27.8. The smallest absolute Gasteiger partial charge is 0.267 e. The van der Waals surface area contributed by atoms with E-state index in [4.69, 9.17) is 4.18 Å². The zero-order valence-corrected chi connectivity index (χ0v) is 10.9. The Hall–Kier alpha value is -0.0900. The predicted molar refractivity (Wildman–Crippen MR) is 65.9 cm³/mol. The topological polar surface area (TPSA) is 43.4 Å². The highest BCUT2D eigenvalue weighted by Gasteiger charge is 2.10. The van der Waals surface area contributed by atoms with E-state index in [0.29, 0.717) is 6.61 Å². The lowest BCUT2D eigenvalue weighted by molar-refractivity contribution is 0.305. The van der Waals surface area contributed by atoms with E-state index >= 15 is 0 Å². The molecule has 96 valence electrons. The second-order valence-corrected chi connectivity index (χ2v) is 6.38. The molecule has 0 bridgehead atoms. The molecular formula is C12H24O3S. The maximum Gasteiger partial charge on any atom is 0.267 e. The molecule has 0 unspecified atom stereocenters. The van der Waals surface area contributed by atoms with Gasteiger partial charge in [-0.25, -0.2) is 0 Å². The van der Waals surface area contributed by atoms with Crippen LogP contribution in [0.25, 0.3) is 0 Å². The molecule has 4 heteroatoms. The first-order valence-corrected chi connectivity index (χ1v) is 8.15. The molecule has 0 N–H and O–H groups in total. The van der Waals surface area contributed by atoms with Gasteiger partial charge in [0.25, 0.3) is 10.1 Å². The maximum atomic E-state index is 11.4. The molecule has 1 saturated heterocycles. The van der Waals surface area contributed by atoms with Crippen LogP contribution in [0, 0.1) is 0 Å². The minimum Gasteiger partial charge on any atom is -0.270 e. The normalized spacial score (nSPS) is 25.8. The maximum absolute atomic E-state index is 11.4. The first-order valence-electron chi connectivity index (χ1n) is 6.58. The molecule has 1 fully saturated rings. The fourth-order valence-corrected chi connectivity index (χ4v) is 3.09. The summed E-state index contributed by atoms with van der Waals surface area (Å²) in [7, 11) is -3.23. The van der Waals surface area contributed by atoms with Crippen LogP contribution < -0.4 is 0 Å². The van der Waals surface area contributed by atoms with Crippen LogP contribution in [0.5, 0.6) is 0 Å². The highest BCUT2D eigenvalue weighted by Crippen LogP contribution is 2.13. The van der Waals surface area contributed by atoms with Gasteiger partial charge in [0.1, 0.15) is 0 Å². The molecule has 1 aliphatic heterocycles. The highest BCUT2D eigenvalue weighted by molar-refractivity contribution is 7.86. The first kappa shape index (κ1) is 14.0. The van der Waals surface area contributed by atoms with Gasteiger partial charge in [0.05, 0.1) is 12.4 Å². The van der Waals surface area contributed by atoms with Crippen molar-refractivity contribution in [1.29, 1.82) is 0 Å². The summed E-state index contributed by atoms with van der Waals surface area (Å²) in [6.07, 6.45) is 11.3. The monoisotopic (exact) mass is 248 g/mol. The average molecular weight is 248 g/mol. The largest absolute Gasteiger partial charge is 0.270 e. The van der Waals surface area contributed by atoms with Gasteiger partial charge in [0.2, 0.25) is 0 Å². The molecule has 0 aliphatic carbocycles. The van der Waals surface area contributed by atoms with E-state index in [9.17, 15) is 8.42 Å². The third kappa shape index (κ3) is 7.23. The van der Waals surface area contributed by atoms with Gasteiger partial charge in [-0.15, -0.1) is 0 Å². The lowest BCUT2D eigenvalue weighted by atomic mass is 10.1. The Morgan fingerprint density at radius 3 is 1.62 bits per heavy atom. The zero-order valence-electron chi connectivity index (χ0n) is 10.1. The van der Waals surface area contributed by atoms with E-state index in [2.05, 4.69) is 0 Å². The summed E-state index contributed by atoms with van der Waals surface area (Å²) in [6.45, 7) is 0.377. The molecule has 3 nitrogen and oxygen atoms in total. The van der Waals surface area contributed by atoms with Crippen molar-refractivity contribution in [2.75, 3.05) is 12.4 Å². The van der Waals surface area contributed by atoms with Crippen LogP contribution in [0.2, 0.25) is 0 Å². The summed E-state index contributed by atoms with van der Waals surface area (Å²) in [4.78, 5) is 0. The van der Waals surface area contributed by atoms with Crippen LogP contribution in [-0.2, 0) is 14.3 Å². The number of rotatable bonds is 0. The number of hydrogen-bond donors (Lipinski definition) is 0. The second kappa shape index (κ2) is 8.07. The minimum atomic E-state index is -3.23. The van der Waals surface area contributed by atoms with E-state index in [1.54, 1.807) is 0 Å².